The number of hydrogen-bond donors (Lipinski definition) is 1. The summed E-state index contributed by atoms with van der Waals surface area (Å²) >= 11 is 0. The highest BCUT2D eigenvalue weighted by Gasteiger charge is 2.20. The topological polar surface area (TPSA) is 29.5 Å². The van der Waals surface area contributed by atoms with E-state index in [4.69, 9.17) is 4.74 Å². The van der Waals surface area contributed by atoms with E-state index in [2.05, 4.69) is 0 Å². The summed E-state index contributed by atoms with van der Waals surface area (Å²) in [4.78, 5) is 0. The third-order valence-corrected chi connectivity index (χ3v) is 2.77. The maximum atomic E-state index is 13.6. The Hall–Kier alpha value is -2.01. The summed E-state index contributed by atoms with van der Waals surface area (Å²) in [5.41, 5.74) is -0.00332. The first-order valence-corrected chi connectivity index (χ1v) is 5.50. The zero-order chi connectivity index (χ0) is 14.0. The van der Waals surface area contributed by atoms with Gasteiger partial charge in [0.1, 0.15) is 11.9 Å². The third-order valence-electron chi connectivity index (χ3n) is 2.77. The molecule has 1 unspecified atom stereocenters. The van der Waals surface area contributed by atoms with Crippen molar-refractivity contribution >= 4 is 0 Å². The Balaban J connectivity index is 2.44. The fraction of sp³-hybridized carbons (Fsp3) is 0.143. The van der Waals surface area contributed by atoms with Gasteiger partial charge in [-0.15, -0.1) is 0 Å². The molecule has 0 amide bonds. The van der Waals surface area contributed by atoms with Crippen molar-refractivity contribution < 1.29 is 23.0 Å². The highest BCUT2D eigenvalue weighted by molar-refractivity contribution is 5.36. The molecule has 0 aliphatic carbocycles. The summed E-state index contributed by atoms with van der Waals surface area (Å²) in [6.07, 6.45) is -1.40. The normalized spacial score (nSPS) is 12.3. The van der Waals surface area contributed by atoms with E-state index in [0.29, 0.717) is 11.3 Å². The molecule has 2 nitrogen and oxygen atoms in total. The minimum atomic E-state index is -1.60. The molecule has 5 heteroatoms. The van der Waals surface area contributed by atoms with Crippen LogP contribution in [0.2, 0.25) is 0 Å². The highest BCUT2D eigenvalue weighted by Crippen LogP contribution is 2.28. The molecule has 100 valence electrons. The first kappa shape index (κ1) is 13.4. The zero-order valence-corrected chi connectivity index (χ0v) is 10.0. The van der Waals surface area contributed by atoms with Crippen molar-refractivity contribution in [2.24, 2.45) is 0 Å². The van der Waals surface area contributed by atoms with Gasteiger partial charge in [-0.1, -0.05) is 18.2 Å². The predicted molar refractivity (Wildman–Crippen MR) is 63.4 cm³/mol. The molecule has 19 heavy (non-hydrogen) atoms. The number of ether oxygens (including phenoxy) is 1. The van der Waals surface area contributed by atoms with E-state index < -0.39 is 23.6 Å². The van der Waals surface area contributed by atoms with Gasteiger partial charge < -0.3 is 9.84 Å². The van der Waals surface area contributed by atoms with E-state index in [1.807, 2.05) is 0 Å². The number of rotatable bonds is 3. The number of aliphatic hydroxyl groups excluding tert-OH is 1. The molecule has 2 aromatic carbocycles. The lowest BCUT2D eigenvalue weighted by molar-refractivity contribution is 0.212. The van der Waals surface area contributed by atoms with Crippen LogP contribution in [0.4, 0.5) is 13.2 Å². The first-order chi connectivity index (χ1) is 9.04. The van der Waals surface area contributed by atoms with Gasteiger partial charge in [0.15, 0.2) is 17.5 Å². The van der Waals surface area contributed by atoms with E-state index in [1.54, 1.807) is 12.1 Å². The van der Waals surface area contributed by atoms with Crippen molar-refractivity contribution in [2.45, 2.75) is 6.10 Å². The Kier molecular flexibility index (Phi) is 3.76. The summed E-state index contributed by atoms with van der Waals surface area (Å²) in [5, 5.41) is 10.0. The van der Waals surface area contributed by atoms with Gasteiger partial charge in [0.2, 0.25) is 0 Å². The molecule has 2 rings (SSSR count). The molecule has 1 N–H and O–H groups in total. The van der Waals surface area contributed by atoms with Crippen LogP contribution in [0.3, 0.4) is 0 Å². The average molecular weight is 268 g/mol. The van der Waals surface area contributed by atoms with Crippen LogP contribution in [0.25, 0.3) is 0 Å². The van der Waals surface area contributed by atoms with Crippen LogP contribution in [0, 0.1) is 17.5 Å². The lowest BCUT2D eigenvalue weighted by atomic mass is 10.0. The molecule has 0 aliphatic heterocycles. The van der Waals surface area contributed by atoms with E-state index in [-0.39, 0.29) is 5.56 Å². The summed E-state index contributed by atoms with van der Waals surface area (Å²) < 4.78 is 44.5. The molecule has 2 aromatic rings. The standard InChI is InChI=1S/C14H11F3O2/c1-19-9-4-2-3-8(7-9)14(18)10-5-6-11(15)13(17)12(10)16/h2-7,14,18H,1H3. The van der Waals surface area contributed by atoms with Crippen molar-refractivity contribution in [3.8, 4) is 5.75 Å². The van der Waals surface area contributed by atoms with Crippen molar-refractivity contribution in [1.29, 1.82) is 0 Å². The molecule has 0 radical (unpaired) electrons. The van der Waals surface area contributed by atoms with Gasteiger partial charge in [-0.3, -0.25) is 0 Å². The Labute approximate surface area is 108 Å². The van der Waals surface area contributed by atoms with Crippen LogP contribution in [0.15, 0.2) is 36.4 Å². The van der Waals surface area contributed by atoms with Gasteiger partial charge in [0, 0.05) is 5.56 Å². The second kappa shape index (κ2) is 5.32. The van der Waals surface area contributed by atoms with Crippen molar-refractivity contribution in [3.05, 3.63) is 65.0 Å². The monoisotopic (exact) mass is 268 g/mol. The first-order valence-electron chi connectivity index (χ1n) is 5.50. The maximum Gasteiger partial charge on any atom is 0.194 e. The van der Waals surface area contributed by atoms with E-state index in [1.165, 1.54) is 19.2 Å². The van der Waals surface area contributed by atoms with Crippen LogP contribution in [0.5, 0.6) is 5.75 Å². The Bertz CT molecular complexity index is 599. The van der Waals surface area contributed by atoms with Crippen molar-refractivity contribution in [1.82, 2.24) is 0 Å². The van der Waals surface area contributed by atoms with Gasteiger partial charge in [-0.2, -0.15) is 0 Å². The summed E-state index contributed by atoms with van der Waals surface area (Å²) in [7, 11) is 1.45. The van der Waals surface area contributed by atoms with E-state index >= 15 is 0 Å². The molecule has 0 bridgehead atoms. The van der Waals surface area contributed by atoms with Crippen molar-refractivity contribution in [3.63, 3.8) is 0 Å². The van der Waals surface area contributed by atoms with Gasteiger partial charge in [-0.05, 0) is 23.8 Å². The molecule has 0 aliphatic rings. The molecular weight excluding hydrogens is 257 g/mol. The second-order valence-electron chi connectivity index (χ2n) is 3.94. The van der Waals surface area contributed by atoms with Crippen molar-refractivity contribution in [2.75, 3.05) is 7.11 Å². The van der Waals surface area contributed by atoms with E-state index in [0.717, 1.165) is 12.1 Å². The van der Waals surface area contributed by atoms with Crippen LogP contribution in [0.1, 0.15) is 17.2 Å². The molecule has 0 saturated heterocycles. The minimum Gasteiger partial charge on any atom is -0.497 e. The van der Waals surface area contributed by atoms with Gasteiger partial charge in [-0.25, -0.2) is 13.2 Å². The van der Waals surface area contributed by atoms with Crippen LogP contribution < -0.4 is 4.74 Å². The predicted octanol–water partition coefficient (Wildman–Crippen LogP) is 3.19. The van der Waals surface area contributed by atoms with Gasteiger partial charge >= 0.3 is 0 Å². The number of methoxy groups -OCH3 is 1. The Morgan fingerprint density at radius 1 is 1.05 bits per heavy atom. The smallest absolute Gasteiger partial charge is 0.194 e. The molecule has 0 fully saturated rings. The Morgan fingerprint density at radius 2 is 1.79 bits per heavy atom. The number of halogens is 3. The lowest BCUT2D eigenvalue weighted by Gasteiger charge is -2.13. The van der Waals surface area contributed by atoms with Crippen LogP contribution in [-0.2, 0) is 0 Å². The molecular formula is C14H11F3O2. The highest BCUT2D eigenvalue weighted by atomic mass is 19.2. The Morgan fingerprint density at radius 3 is 2.47 bits per heavy atom. The molecule has 1 atom stereocenters. The van der Waals surface area contributed by atoms with Gasteiger partial charge in [0.25, 0.3) is 0 Å². The largest absolute Gasteiger partial charge is 0.497 e. The number of aliphatic hydroxyl groups is 1. The quantitative estimate of drug-likeness (QED) is 0.866. The third kappa shape index (κ3) is 2.56. The van der Waals surface area contributed by atoms with Crippen LogP contribution in [-0.4, -0.2) is 12.2 Å². The minimum absolute atomic E-state index is 0.323. The summed E-state index contributed by atoms with van der Waals surface area (Å²) in [5.74, 6) is -3.81. The fourth-order valence-electron chi connectivity index (χ4n) is 1.74. The molecule has 0 heterocycles. The fourth-order valence-corrected chi connectivity index (χ4v) is 1.74. The zero-order valence-electron chi connectivity index (χ0n) is 10.0. The van der Waals surface area contributed by atoms with E-state index in [9.17, 15) is 18.3 Å². The van der Waals surface area contributed by atoms with Gasteiger partial charge in [0.05, 0.1) is 7.11 Å². The second-order valence-corrected chi connectivity index (χ2v) is 3.94. The maximum absolute atomic E-state index is 13.6. The molecule has 0 spiro atoms. The summed E-state index contributed by atoms with van der Waals surface area (Å²) in [6, 6.07) is 8.07. The molecule has 0 saturated carbocycles. The SMILES string of the molecule is COc1cccc(C(O)c2ccc(F)c(F)c2F)c1. The summed E-state index contributed by atoms with van der Waals surface area (Å²) in [6.45, 7) is 0. The molecule has 0 aromatic heterocycles. The lowest BCUT2D eigenvalue weighted by Crippen LogP contribution is -2.05. The average Bonchev–Trinajstić information content (AvgIpc) is 2.44. The van der Waals surface area contributed by atoms with Crippen LogP contribution >= 0.6 is 0 Å². The number of hydrogen-bond acceptors (Lipinski definition) is 2. The number of benzene rings is 2.